The van der Waals surface area contributed by atoms with Crippen LogP contribution >= 0.6 is 11.6 Å². The first kappa shape index (κ1) is 19.8. The van der Waals surface area contributed by atoms with E-state index in [0.29, 0.717) is 30.3 Å². The van der Waals surface area contributed by atoms with Gasteiger partial charge in [0, 0.05) is 30.6 Å². The molecule has 0 saturated carbocycles. The number of carbonyl (C=O) groups excluding carboxylic acids is 2. The minimum atomic E-state index is -0.197. The number of ether oxygens (including phenoxy) is 1. The number of methoxy groups -OCH3 is 1. The van der Waals surface area contributed by atoms with E-state index in [4.69, 9.17) is 16.3 Å². The first-order valence-corrected chi connectivity index (χ1v) is 8.76. The predicted molar refractivity (Wildman–Crippen MR) is 102 cm³/mol. The summed E-state index contributed by atoms with van der Waals surface area (Å²) in [5.41, 5.74) is 1.91. The molecule has 0 heterocycles. The van der Waals surface area contributed by atoms with Crippen LogP contribution in [-0.4, -0.2) is 36.9 Å². The Morgan fingerprint density at radius 2 is 1.92 bits per heavy atom. The molecule has 0 spiro atoms. The van der Waals surface area contributed by atoms with Gasteiger partial charge in [0.2, 0.25) is 11.8 Å². The molecule has 0 atom stereocenters. The summed E-state index contributed by atoms with van der Waals surface area (Å²) in [6, 6.07) is 15.0. The van der Waals surface area contributed by atoms with E-state index in [1.807, 2.05) is 48.5 Å². The highest BCUT2D eigenvalue weighted by molar-refractivity contribution is 6.30. The fraction of sp³-hybridized carbons (Fsp3) is 0.300. The van der Waals surface area contributed by atoms with Gasteiger partial charge < -0.3 is 15.0 Å². The van der Waals surface area contributed by atoms with Crippen LogP contribution in [0, 0.1) is 0 Å². The third-order valence-electron chi connectivity index (χ3n) is 3.96. The normalized spacial score (nSPS) is 10.3. The van der Waals surface area contributed by atoms with Gasteiger partial charge in [0.15, 0.2) is 0 Å². The summed E-state index contributed by atoms with van der Waals surface area (Å²) in [7, 11) is 1.58. The molecule has 1 N–H and O–H groups in total. The molecule has 0 fully saturated rings. The molecule has 0 aliphatic rings. The summed E-state index contributed by atoms with van der Waals surface area (Å²) >= 11 is 5.95. The maximum atomic E-state index is 12.2. The van der Waals surface area contributed by atoms with Gasteiger partial charge in [-0.05, 0) is 30.2 Å². The van der Waals surface area contributed by atoms with Gasteiger partial charge in [-0.3, -0.25) is 9.59 Å². The van der Waals surface area contributed by atoms with Crippen molar-refractivity contribution in [2.45, 2.75) is 19.9 Å². The van der Waals surface area contributed by atoms with Gasteiger partial charge in [0.25, 0.3) is 0 Å². The number of nitrogens with one attached hydrogen (secondary N) is 1. The Morgan fingerprint density at radius 1 is 1.15 bits per heavy atom. The summed E-state index contributed by atoms with van der Waals surface area (Å²) < 4.78 is 5.31. The highest BCUT2D eigenvalue weighted by Crippen LogP contribution is 2.19. The summed E-state index contributed by atoms with van der Waals surface area (Å²) in [4.78, 5) is 25.6. The number of rotatable bonds is 8. The topological polar surface area (TPSA) is 58.6 Å². The van der Waals surface area contributed by atoms with Gasteiger partial charge in [0.1, 0.15) is 5.75 Å². The van der Waals surface area contributed by atoms with Gasteiger partial charge >= 0.3 is 0 Å². The van der Waals surface area contributed by atoms with Crippen molar-refractivity contribution < 1.29 is 14.3 Å². The molecular weight excluding hydrogens is 352 g/mol. The second kappa shape index (κ2) is 9.82. The summed E-state index contributed by atoms with van der Waals surface area (Å²) in [6.07, 6.45) is 0.679. The number of benzene rings is 2. The fourth-order valence-electron chi connectivity index (χ4n) is 2.59. The molecule has 6 heteroatoms. The Kier molecular flexibility index (Phi) is 7.48. The van der Waals surface area contributed by atoms with E-state index in [9.17, 15) is 9.59 Å². The van der Waals surface area contributed by atoms with E-state index in [-0.39, 0.29) is 18.4 Å². The Bertz CT molecular complexity index is 764. The first-order valence-electron chi connectivity index (χ1n) is 8.38. The van der Waals surface area contributed by atoms with Gasteiger partial charge in [-0.2, -0.15) is 0 Å². The van der Waals surface area contributed by atoms with Crippen LogP contribution in [0.5, 0.6) is 5.75 Å². The van der Waals surface area contributed by atoms with Crippen LogP contribution in [0.4, 0.5) is 0 Å². The average Bonchev–Trinajstić information content (AvgIpc) is 2.61. The van der Waals surface area contributed by atoms with Crippen LogP contribution in [0.1, 0.15) is 18.1 Å². The van der Waals surface area contributed by atoms with E-state index in [2.05, 4.69) is 5.32 Å². The van der Waals surface area contributed by atoms with Crippen LogP contribution in [0.2, 0.25) is 5.02 Å². The molecule has 0 aliphatic carbocycles. The van der Waals surface area contributed by atoms with Crippen molar-refractivity contribution >= 4 is 23.4 Å². The molecule has 0 aliphatic heterocycles. The molecule has 2 rings (SSSR count). The summed E-state index contributed by atoms with van der Waals surface area (Å²) in [5.74, 6) is 0.332. The van der Waals surface area contributed by atoms with Gasteiger partial charge in [-0.25, -0.2) is 0 Å². The van der Waals surface area contributed by atoms with Crippen molar-refractivity contribution in [3.05, 3.63) is 64.7 Å². The maximum Gasteiger partial charge on any atom is 0.239 e. The molecule has 2 aromatic rings. The maximum absolute atomic E-state index is 12.2. The first-order chi connectivity index (χ1) is 12.5. The summed E-state index contributed by atoms with van der Waals surface area (Å²) in [6.45, 7) is 2.26. The molecule has 5 nitrogen and oxygen atoms in total. The van der Waals surface area contributed by atoms with Crippen molar-refractivity contribution in [1.29, 1.82) is 0 Å². The smallest absolute Gasteiger partial charge is 0.239 e. The van der Waals surface area contributed by atoms with Crippen molar-refractivity contribution in [3.8, 4) is 5.75 Å². The molecule has 2 aromatic carbocycles. The molecule has 0 radical (unpaired) electrons. The minimum Gasteiger partial charge on any atom is -0.496 e. The van der Waals surface area contributed by atoms with Crippen molar-refractivity contribution in [2.75, 3.05) is 20.2 Å². The molecule has 2 amide bonds. The predicted octanol–water partition coefficient (Wildman–Crippen LogP) is 3.06. The number of hydrogen-bond donors (Lipinski definition) is 1. The molecule has 26 heavy (non-hydrogen) atoms. The van der Waals surface area contributed by atoms with Crippen LogP contribution in [0.15, 0.2) is 48.5 Å². The molecule has 0 saturated heterocycles. The van der Waals surface area contributed by atoms with Gasteiger partial charge in [0.05, 0.1) is 13.7 Å². The van der Waals surface area contributed by atoms with Crippen LogP contribution in [-0.2, 0) is 22.6 Å². The lowest BCUT2D eigenvalue weighted by Gasteiger charge is -2.21. The molecule has 0 aromatic heterocycles. The zero-order valence-electron chi connectivity index (χ0n) is 15.0. The number of hydrogen-bond acceptors (Lipinski definition) is 3. The Labute approximate surface area is 158 Å². The highest BCUT2D eigenvalue weighted by Gasteiger charge is 2.15. The highest BCUT2D eigenvalue weighted by atomic mass is 35.5. The Hall–Kier alpha value is -2.53. The number of halogens is 1. The lowest BCUT2D eigenvalue weighted by Crippen LogP contribution is -2.40. The van der Waals surface area contributed by atoms with Crippen LogP contribution < -0.4 is 10.1 Å². The molecule has 0 unspecified atom stereocenters. The second-order valence-corrected chi connectivity index (χ2v) is 6.35. The Morgan fingerprint density at radius 3 is 2.62 bits per heavy atom. The van der Waals surface area contributed by atoms with Gasteiger partial charge in [-0.15, -0.1) is 0 Å². The number of para-hydroxylation sites is 1. The standard InChI is InChI=1S/C20H23ClN2O3/c1-15(24)23(13-17-7-3-4-9-19(17)26-2)14-20(25)22-11-10-16-6-5-8-18(21)12-16/h3-9,12H,10-11,13-14H2,1-2H3,(H,22,25). The van der Waals surface area contributed by atoms with E-state index >= 15 is 0 Å². The van der Waals surface area contributed by atoms with Crippen molar-refractivity contribution in [1.82, 2.24) is 10.2 Å². The lowest BCUT2D eigenvalue weighted by atomic mass is 10.1. The van der Waals surface area contributed by atoms with E-state index < -0.39 is 0 Å². The largest absolute Gasteiger partial charge is 0.496 e. The zero-order valence-corrected chi connectivity index (χ0v) is 15.8. The Balaban J connectivity index is 1.88. The third-order valence-corrected chi connectivity index (χ3v) is 4.19. The minimum absolute atomic E-state index is 0.00290. The van der Waals surface area contributed by atoms with Crippen molar-refractivity contribution in [3.63, 3.8) is 0 Å². The van der Waals surface area contributed by atoms with E-state index in [1.165, 1.54) is 11.8 Å². The van der Waals surface area contributed by atoms with Crippen LogP contribution in [0.25, 0.3) is 0 Å². The van der Waals surface area contributed by atoms with Gasteiger partial charge in [-0.1, -0.05) is 41.9 Å². The number of carbonyl (C=O) groups is 2. The third kappa shape index (κ3) is 6.08. The number of amides is 2. The fourth-order valence-corrected chi connectivity index (χ4v) is 2.80. The quantitative estimate of drug-likeness (QED) is 0.772. The zero-order chi connectivity index (χ0) is 18.9. The van der Waals surface area contributed by atoms with E-state index in [1.54, 1.807) is 7.11 Å². The lowest BCUT2D eigenvalue weighted by molar-refractivity contribution is -0.134. The van der Waals surface area contributed by atoms with Crippen molar-refractivity contribution in [2.24, 2.45) is 0 Å². The van der Waals surface area contributed by atoms with E-state index in [0.717, 1.165) is 11.1 Å². The second-order valence-electron chi connectivity index (χ2n) is 5.92. The molecule has 0 bridgehead atoms. The van der Waals surface area contributed by atoms with Crippen LogP contribution in [0.3, 0.4) is 0 Å². The summed E-state index contributed by atoms with van der Waals surface area (Å²) in [5, 5.41) is 3.52. The average molecular weight is 375 g/mol. The molecule has 138 valence electrons. The number of nitrogens with zero attached hydrogens (tertiary/aromatic N) is 1. The SMILES string of the molecule is COc1ccccc1CN(CC(=O)NCCc1cccc(Cl)c1)C(C)=O. The monoisotopic (exact) mass is 374 g/mol. The molecular formula is C20H23ClN2O3.